The zero-order chi connectivity index (χ0) is 10.1. The van der Waals surface area contributed by atoms with Crippen molar-refractivity contribution in [2.24, 2.45) is 0 Å². The highest BCUT2D eigenvalue weighted by atomic mass is 16.4. The summed E-state index contributed by atoms with van der Waals surface area (Å²) >= 11 is 0. The van der Waals surface area contributed by atoms with Crippen LogP contribution in [0.2, 0.25) is 0 Å². The van der Waals surface area contributed by atoms with Gasteiger partial charge in [-0.1, -0.05) is 5.21 Å². The van der Waals surface area contributed by atoms with Crippen LogP contribution in [-0.4, -0.2) is 36.3 Å². The second-order valence-electron chi connectivity index (χ2n) is 2.75. The molecule has 0 aliphatic rings. The van der Waals surface area contributed by atoms with E-state index in [1.165, 1.54) is 6.20 Å². The second kappa shape index (κ2) is 2.95. The molecular weight excluding hydrogens is 186 g/mol. The average molecular weight is 193 g/mol. The summed E-state index contributed by atoms with van der Waals surface area (Å²) in [6.45, 7) is 1.81. The molecule has 2 aromatic rings. The van der Waals surface area contributed by atoms with E-state index in [1.807, 2.05) is 6.92 Å². The zero-order valence-electron chi connectivity index (χ0n) is 7.30. The summed E-state index contributed by atoms with van der Waals surface area (Å²) < 4.78 is 1.16. The standard InChI is InChI=1S/C7H7N5O2/c1-4-2-6(10-9-4)12-5(7(13)14)3-8-11-12/h2-3H,1H3,(H,9,10)(H,13,14). The molecule has 0 saturated carbocycles. The Hall–Kier alpha value is -2.18. The molecule has 2 heterocycles. The minimum atomic E-state index is -1.09. The number of rotatable bonds is 2. The molecule has 0 bridgehead atoms. The third-order valence-corrected chi connectivity index (χ3v) is 1.68. The lowest BCUT2D eigenvalue weighted by Gasteiger charge is -1.95. The van der Waals surface area contributed by atoms with Gasteiger partial charge in [0.15, 0.2) is 11.5 Å². The lowest BCUT2D eigenvalue weighted by molar-refractivity contribution is 0.0687. The number of aromatic carboxylic acids is 1. The van der Waals surface area contributed by atoms with Gasteiger partial charge in [-0.05, 0) is 6.92 Å². The minimum absolute atomic E-state index is 0.0171. The molecule has 7 heteroatoms. The fourth-order valence-corrected chi connectivity index (χ4v) is 1.06. The molecule has 0 aliphatic carbocycles. The van der Waals surface area contributed by atoms with Crippen LogP contribution in [0.5, 0.6) is 0 Å². The fraction of sp³-hybridized carbons (Fsp3) is 0.143. The van der Waals surface area contributed by atoms with E-state index in [1.54, 1.807) is 6.07 Å². The van der Waals surface area contributed by atoms with Gasteiger partial charge in [-0.2, -0.15) is 9.78 Å². The third-order valence-electron chi connectivity index (χ3n) is 1.68. The normalized spacial score (nSPS) is 10.4. The number of nitrogens with one attached hydrogen (secondary N) is 1. The number of H-pyrrole nitrogens is 1. The van der Waals surface area contributed by atoms with Gasteiger partial charge in [0.25, 0.3) is 0 Å². The number of aromatic nitrogens is 5. The molecule has 0 fully saturated rings. The van der Waals surface area contributed by atoms with Crippen LogP contribution in [0.15, 0.2) is 12.3 Å². The number of aromatic amines is 1. The van der Waals surface area contributed by atoms with E-state index in [2.05, 4.69) is 20.5 Å². The van der Waals surface area contributed by atoms with Crippen molar-refractivity contribution >= 4 is 5.97 Å². The summed E-state index contributed by atoms with van der Waals surface area (Å²) in [7, 11) is 0. The second-order valence-corrected chi connectivity index (χ2v) is 2.75. The highest BCUT2D eigenvalue weighted by Gasteiger charge is 2.14. The molecule has 2 aromatic heterocycles. The summed E-state index contributed by atoms with van der Waals surface area (Å²) in [5.74, 6) is -0.673. The predicted octanol–water partition coefficient (Wildman–Crippen LogP) is -0.00298. The Kier molecular flexibility index (Phi) is 1.77. The van der Waals surface area contributed by atoms with E-state index in [0.29, 0.717) is 5.82 Å². The molecule has 0 amide bonds. The number of aryl methyl sites for hydroxylation is 1. The average Bonchev–Trinajstić information content (AvgIpc) is 2.70. The van der Waals surface area contributed by atoms with Gasteiger partial charge in [0.1, 0.15) is 0 Å². The molecule has 0 atom stereocenters. The summed E-state index contributed by atoms with van der Waals surface area (Å²) in [6.07, 6.45) is 1.17. The van der Waals surface area contributed by atoms with Crippen molar-refractivity contribution in [2.45, 2.75) is 6.92 Å². The highest BCUT2D eigenvalue weighted by molar-refractivity contribution is 5.85. The van der Waals surface area contributed by atoms with Crippen LogP contribution in [-0.2, 0) is 0 Å². The first-order valence-corrected chi connectivity index (χ1v) is 3.85. The number of hydrogen-bond donors (Lipinski definition) is 2. The Labute approximate surface area is 78.4 Å². The number of carboxylic acid groups (broad SMARTS) is 1. The van der Waals surface area contributed by atoms with Crippen LogP contribution in [0.1, 0.15) is 16.2 Å². The Morgan fingerprint density at radius 3 is 3.00 bits per heavy atom. The minimum Gasteiger partial charge on any atom is -0.476 e. The first-order chi connectivity index (χ1) is 6.68. The third kappa shape index (κ3) is 1.24. The van der Waals surface area contributed by atoms with E-state index >= 15 is 0 Å². The van der Waals surface area contributed by atoms with Gasteiger partial charge < -0.3 is 5.11 Å². The number of nitrogens with zero attached hydrogens (tertiary/aromatic N) is 4. The molecule has 0 aromatic carbocycles. The molecule has 7 nitrogen and oxygen atoms in total. The quantitative estimate of drug-likeness (QED) is 0.699. The van der Waals surface area contributed by atoms with E-state index < -0.39 is 5.97 Å². The van der Waals surface area contributed by atoms with Crippen LogP contribution < -0.4 is 0 Å². The number of carboxylic acids is 1. The molecular formula is C7H7N5O2. The largest absolute Gasteiger partial charge is 0.476 e. The zero-order valence-corrected chi connectivity index (χ0v) is 7.30. The van der Waals surface area contributed by atoms with E-state index in [-0.39, 0.29) is 5.69 Å². The first kappa shape index (κ1) is 8.42. The van der Waals surface area contributed by atoms with Crippen molar-refractivity contribution in [1.29, 1.82) is 0 Å². The number of carbonyl (C=O) groups is 1. The van der Waals surface area contributed by atoms with Crippen molar-refractivity contribution in [2.75, 3.05) is 0 Å². The molecule has 0 spiro atoms. The maximum Gasteiger partial charge on any atom is 0.356 e. The van der Waals surface area contributed by atoms with E-state index in [4.69, 9.17) is 5.11 Å². The van der Waals surface area contributed by atoms with Crippen molar-refractivity contribution < 1.29 is 9.90 Å². The van der Waals surface area contributed by atoms with E-state index in [9.17, 15) is 4.79 Å². The summed E-state index contributed by atoms with van der Waals surface area (Å²) in [6, 6.07) is 1.68. The van der Waals surface area contributed by atoms with Gasteiger partial charge in [-0.15, -0.1) is 5.10 Å². The highest BCUT2D eigenvalue weighted by Crippen LogP contribution is 2.06. The molecule has 0 saturated heterocycles. The van der Waals surface area contributed by atoms with Crippen molar-refractivity contribution in [3.8, 4) is 5.82 Å². The molecule has 0 aliphatic heterocycles. The van der Waals surface area contributed by atoms with Crippen LogP contribution in [0.25, 0.3) is 5.82 Å². The van der Waals surface area contributed by atoms with Gasteiger partial charge in [0.05, 0.1) is 6.20 Å². The topological polar surface area (TPSA) is 96.7 Å². The van der Waals surface area contributed by atoms with E-state index in [0.717, 1.165) is 10.4 Å². The molecule has 2 rings (SSSR count). The Morgan fingerprint density at radius 1 is 1.64 bits per heavy atom. The van der Waals surface area contributed by atoms with Gasteiger partial charge in [0, 0.05) is 11.8 Å². The molecule has 14 heavy (non-hydrogen) atoms. The monoisotopic (exact) mass is 193 g/mol. The molecule has 72 valence electrons. The summed E-state index contributed by atoms with van der Waals surface area (Å²) in [4.78, 5) is 10.7. The fourth-order valence-electron chi connectivity index (χ4n) is 1.06. The van der Waals surface area contributed by atoms with Crippen molar-refractivity contribution in [3.05, 3.63) is 23.7 Å². The molecule has 0 radical (unpaired) electrons. The Morgan fingerprint density at radius 2 is 2.43 bits per heavy atom. The Bertz CT molecular complexity index is 472. The maximum absolute atomic E-state index is 10.7. The molecule has 0 unspecified atom stereocenters. The Balaban J connectivity index is 2.51. The van der Waals surface area contributed by atoms with Gasteiger partial charge in [0.2, 0.25) is 0 Å². The smallest absolute Gasteiger partial charge is 0.356 e. The van der Waals surface area contributed by atoms with Crippen LogP contribution in [0.3, 0.4) is 0 Å². The van der Waals surface area contributed by atoms with Crippen LogP contribution >= 0.6 is 0 Å². The summed E-state index contributed by atoms with van der Waals surface area (Å²) in [5.41, 5.74) is 0.809. The van der Waals surface area contributed by atoms with Crippen molar-refractivity contribution in [1.82, 2.24) is 25.2 Å². The SMILES string of the molecule is Cc1cc(-n2nncc2C(=O)O)n[nH]1. The lowest BCUT2D eigenvalue weighted by Crippen LogP contribution is -2.08. The lowest BCUT2D eigenvalue weighted by atomic mass is 10.4. The summed E-state index contributed by atoms with van der Waals surface area (Å²) in [5, 5.41) is 22.5. The van der Waals surface area contributed by atoms with Gasteiger partial charge in [-0.25, -0.2) is 4.79 Å². The first-order valence-electron chi connectivity index (χ1n) is 3.85. The van der Waals surface area contributed by atoms with Gasteiger partial charge in [-0.3, -0.25) is 5.10 Å². The van der Waals surface area contributed by atoms with Crippen LogP contribution in [0, 0.1) is 6.92 Å². The van der Waals surface area contributed by atoms with Gasteiger partial charge >= 0.3 is 5.97 Å². The predicted molar refractivity (Wildman–Crippen MR) is 45.2 cm³/mol. The molecule has 2 N–H and O–H groups in total. The maximum atomic E-state index is 10.7. The number of hydrogen-bond acceptors (Lipinski definition) is 4. The van der Waals surface area contributed by atoms with Crippen LogP contribution in [0.4, 0.5) is 0 Å². The van der Waals surface area contributed by atoms with Crippen molar-refractivity contribution in [3.63, 3.8) is 0 Å².